The highest BCUT2D eigenvalue weighted by molar-refractivity contribution is 5.94. The number of amides is 1. The molecule has 98 valence electrons. The van der Waals surface area contributed by atoms with Gasteiger partial charge in [-0.2, -0.15) is 0 Å². The third kappa shape index (κ3) is 5.62. The maximum atomic E-state index is 11.7. The predicted molar refractivity (Wildman–Crippen MR) is 76.3 cm³/mol. The summed E-state index contributed by atoms with van der Waals surface area (Å²) in [5.41, 5.74) is 1.91. The van der Waals surface area contributed by atoms with Crippen LogP contribution in [0.15, 0.2) is 35.3 Å². The Morgan fingerprint density at radius 2 is 2.00 bits per heavy atom. The van der Waals surface area contributed by atoms with E-state index >= 15 is 0 Å². The van der Waals surface area contributed by atoms with Gasteiger partial charge in [-0.25, -0.2) is 0 Å². The van der Waals surface area contributed by atoms with Gasteiger partial charge >= 0.3 is 0 Å². The largest absolute Gasteiger partial charge is 0.352 e. The van der Waals surface area contributed by atoms with Gasteiger partial charge in [-0.05, 0) is 31.9 Å². The van der Waals surface area contributed by atoms with Gasteiger partial charge in [0.1, 0.15) is 0 Å². The van der Waals surface area contributed by atoms with Crippen molar-refractivity contribution in [2.24, 2.45) is 4.99 Å². The zero-order valence-electron chi connectivity index (χ0n) is 11.3. The molecule has 1 N–H and O–H groups in total. The summed E-state index contributed by atoms with van der Waals surface area (Å²) in [5, 5.41) is 2.90. The summed E-state index contributed by atoms with van der Waals surface area (Å²) in [5.74, 6) is -0.00939. The number of nitrogens with one attached hydrogen (secondary N) is 1. The molecule has 1 rings (SSSR count). The highest BCUT2D eigenvalue weighted by Crippen LogP contribution is 1.98. The van der Waals surface area contributed by atoms with Crippen LogP contribution in [-0.2, 0) is 0 Å². The van der Waals surface area contributed by atoms with Crippen LogP contribution in [0.3, 0.4) is 0 Å². The van der Waals surface area contributed by atoms with Crippen LogP contribution in [0.4, 0.5) is 0 Å². The first-order valence-electron chi connectivity index (χ1n) is 6.57. The molecule has 0 spiro atoms. The number of hydrogen-bond donors (Lipinski definition) is 1. The second-order valence-corrected chi connectivity index (χ2v) is 4.34. The lowest BCUT2D eigenvalue weighted by molar-refractivity contribution is 0.0953. The summed E-state index contributed by atoms with van der Waals surface area (Å²) in [6.07, 6.45) is 3.09. The smallest absolute Gasteiger partial charge is 0.251 e. The van der Waals surface area contributed by atoms with Crippen LogP contribution in [0, 0.1) is 0 Å². The standard InChI is InChI=1S/C15H22N2O/c1-3-8-13(2)16-11-7-12-17-15(18)14-9-5-4-6-10-14/h4-6,9-10H,3,7-8,11-12H2,1-2H3,(H,17,18). The van der Waals surface area contributed by atoms with Gasteiger partial charge in [-0.1, -0.05) is 31.5 Å². The minimum atomic E-state index is -0.00939. The second kappa shape index (κ2) is 8.45. The molecule has 1 aromatic carbocycles. The number of hydrogen-bond acceptors (Lipinski definition) is 2. The molecule has 1 amide bonds. The molecule has 0 radical (unpaired) electrons. The molecule has 3 heteroatoms. The quantitative estimate of drug-likeness (QED) is 0.583. The van der Waals surface area contributed by atoms with E-state index in [0.29, 0.717) is 12.1 Å². The van der Waals surface area contributed by atoms with E-state index in [2.05, 4.69) is 24.2 Å². The Hall–Kier alpha value is -1.64. The summed E-state index contributed by atoms with van der Waals surface area (Å²) in [4.78, 5) is 16.1. The highest BCUT2D eigenvalue weighted by Gasteiger charge is 2.02. The van der Waals surface area contributed by atoms with Crippen LogP contribution in [0.5, 0.6) is 0 Å². The van der Waals surface area contributed by atoms with Crippen molar-refractivity contribution in [1.29, 1.82) is 0 Å². The molecule has 18 heavy (non-hydrogen) atoms. The number of rotatable bonds is 7. The van der Waals surface area contributed by atoms with Crippen LogP contribution in [0.25, 0.3) is 0 Å². The normalized spacial score (nSPS) is 11.3. The average Bonchev–Trinajstić information content (AvgIpc) is 2.39. The second-order valence-electron chi connectivity index (χ2n) is 4.34. The lowest BCUT2D eigenvalue weighted by Crippen LogP contribution is -2.24. The number of carbonyl (C=O) groups is 1. The van der Waals surface area contributed by atoms with Crippen LogP contribution < -0.4 is 5.32 Å². The molecule has 0 heterocycles. The Bertz CT molecular complexity index is 385. The summed E-state index contributed by atoms with van der Waals surface area (Å²) < 4.78 is 0. The molecular formula is C15H22N2O. The van der Waals surface area contributed by atoms with E-state index in [0.717, 1.165) is 25.8 Å². The Balaban J connectivity index is 2.19. The van der Waals surface area contributed by atoms with E-state index in [4.69, 9.17) is 0 Å². The Labute approximate surface area is 109 Å². The molecule has 0 saturated carbocycles. The SMILES string of the molecule is CCCC(C)=NCCCNC(=O)c1ccccc1. The van der Waals surface area contributed by atoms with E-state index in [1.807, 2.05) is 30.3 Å². The lowest BCUT2D eigenvalue weighted by atomic mass is 10.2. The van der Waals surface area contributed by atoms with Gasteiger partial charge in [-0.3, -0.25) is 9.79 Å². The van der Waals surface area contributed by atoms with E-state index in [1.54, 1.807) is 0 Å². The Morgan fingerprint density at radius 1 is 1.28 bits per heavy atom. The third-order valence-electron chi connectivity index (χ3n) is 2.65. The highest BCUT2D eigenvalue weighted by atomic mass is 16.1. The van der Waals surface area contributed by atoms with Crippen molar-refractivity contribution < 1.29 is 4.79 Å². The van der Waals surface area contributed by atoms with Crippen molar-refractivity contribution >= 4 is 11.6 Å². The number of carbonyl (C=O) groups excluding carboxylic acids is 1. The molecule has 0 saturated heterocycles. The molecule has 0 unspecified atom stereocenters. The maximum Gasteiger partial charge on any atom is 0.251 e. The molecule has 0 aliphatic rings. The van der Waals surface area contributed by atoms with Crippen LogP contribution >= 0.6 is 0 Å². The molecule has 0 bridgehead atoms. The van der Waals surface area contributed by atoms with Gasteiger partial charge in [0, 0.05) is 24.4 Å². The van der Waals surface area contributed by atoms with E-state index in [9.17, 15) is 4.79 Å². The maximum absolute atomic E-state index is 11.7. The first-order valence-corrected chi connectivity index (χ1v) is 6.57. The number of nitrogens with zero attached hydrogens (tertiary/aromatic N) is 1. The molecule has 0 fully saturated rings. The average molecular weight is 246 g/mol. The van der Waals surface area contributed by atoms with Gasteiger partial charge in [0.15, 0.2) is 0 Å². The zero-order chi connectivity index (χ0) is 13.2. The van der Waals surface area contributed by atoms with Crippen molar-refractivity contribution in [2.45, 2.75) is 33.1 Å². The van der Waals surface area contributed by atoms with Crippen molar-refractivity contribution in [3.05, 3.63) is 35.9 Å². The molecule has 0 aromatic heterocycles. The van der Waals surface area contributed by atoms with Crippen LogP contribution in [0.1, 0.15) is 43.5 Å². The Kier molecular flexibility index (Phi) is 6.77. The third-order valence-corrected chi connectivity index (χ3v) is 2.65. The molecule has 0 atom stereocenters. The Morgan fingerprint density at radius 3 is 2.67 bits per heavy atom. The molecule has 0 aliphatic heterocycles. The van der Waals surface area contributed by atoms with E-state index in [1.165, 1.54) is 5.71 Å². The van der Waals surface area contributed by atoms with Gasteiger partial charge < -0.3 is 5.32 Å². The predicted octanol–water partition coefficient (Wildman–Crippen LogP) is 3.07. The van der Waals surface area contributed by atoms with Crippen LogP contribution in [0.2, 0.25) is 0 Å². The lowest BCUT2D eigenvalue weighted by Gasteiger charge is -2.04. The molecular weight excluding hydrogens is 224 g/mol. The summed E-state index contributed by atoms with van der Waals surface area (Å²) >= 11 is 0. The first-order chi connectivity index (χ1) is 8.74. The minimum absolute atomic E-state index is 0.00939. The first kappa shape index (κ1) is 14.4. The minimum Gasteiger partial charge on any atom is -0.352 e. The number of aliphatic imine (C=N–C) groups is 1. The molecule has 0 aliphatic carbocycles. The summed E-state index contributed by atoms with van der Waals surface area (Å²) in [7, 11) is 0. The summed E-state index contributed by atoms with van der Waals surface area (Å²) in [6, 6.07) is 9.28. The van der Waals surface area contributed by atoms with E-state index in [-0.39, 0.29) is 5.91 Å². The topological polar surface area (TPSA) is 41.5 Å². The number of benzene rings is 1. The fourth-order valence-electron chi connectivity index (χ4n) is 1.68. The van der Waals surface area contributed by atoms with Crippen LogP contribution in [-0.4, -0.2) is 24.7 Å². The van der Waals surface area contributed by atoms with Gasteiger partial charge in [0.05, 0.1) is 0 Å². The van der Waals surface area contributed by atoms with Gasteiger partial charge in [0.25, 0.3) is 5.91 Å². The molecule has 1 aromatic rings. The van der Waals surface area contributed by atoms with Crippen molar-refractivity contribution in [1.82, 2.24) is 5.32 Å². The van der Waals surface area contributed by atoms with Crippen molar-refractivity contribution in [3.63, 3.8) is 0 Å². The van der Waals surface area contributed by atoms with Gasteiger partial charge in [-0.15, -0.1) is 0 Å². The summed E-state index contributed by atoms with van der Waals surface area (Å²) in [6.45, 7) is 5.68. The van der Waals surface area contributed by atoms with Crippen molar-refractivity contribution in [2.75, 3.05) is 13.1 Å². The fraction of sp³-hybridized carbons (Fsp3) is 0.467. The fourth-order valence-corrected chi connectivity index (χ4v) is 1.68. The van der Waals surface area contributed by atoms with E-state index < -0.39 is 0 Å². The van der Waals surface area contributed by atoms with Gasteiger partial charge in [0.2, 0.25) is 0 Å². The molecule has 3 nitrogen and oxygen atoms in total. The van der Waals surface area contributed by atoms with Crippen molar-refractivity contribution in [3.8, 4) is 0 Å². The zero-order valence-corrected chi connectivity index (χ0v) is 11.3. The monoisotopic (exact) mass is 246 g/mol.